The van der Waals surface area contributed by atoms with Crippen molar-refractivity contribution in [3.8, 4) is 5.75 Å². The Bertz CT molecular complexity index is 1230. The van der Waals surface area contributed by atoms with E-state index in [0.717, 1.165) is 12.0 Å². The van der Waals surface area contributed by atoms with Gasteiger partial charge in [0.2, 0.25) is 0 Å². The molecule has 0 saturated carbocycles. The average Bonchev–Trinajstić information content (AvgIpc) is 2.83. The number of carbonyl (C=O) groups is 1. The average molecular weight is 486 g/mol. The molecule has 0 bridgehead atoms. The molecule has 0 spiro atoms. The highest BCUT2D eigenvalue weighted by Crippen LogP contribution is 2.47. The van der Waals surface area contributed by atoms with E-state index in [0.29, 0.717) is 11.3 Å². The molecule has 0 unspecified atom stereocenters. The molecule has 4 N–H and O–H groups in total. The first-order valence-corrected chi connectivity index (χ1v) is 12.6. The number of carboxylic acids is 1. The van der Waals surface area contributed by atoms with E-state index in [1.165, 1.54) is 40.7 Å². The molecule has 0 fully saturated rings. The second-order valence-corrected chi connectivity index (χ2v) is 11.0. The van der Waals surface area contributed by atoms with Gasteiger partial charge in [-0.25, -0.2) is 4.79 Å². The quantitative estimate of drug-likeness (QED) is 0.199. The summed E-state index contributed by atoms with van der Waals surface area (Å²) in [5.41, 5.74) is 14.7. The summed E-state index contributed by atoms with van der Waals surface area (Å²) in [5.74, 6) is -0.638. The Labute approximate surface area is 215 Å². The highest BCUT2D eigenvalue weighted by Gasteiger charge is 2.37. The highest BCUT2D eigenvalue weighted by molar-refractivity contribution is 5.89. The minimum Gasteiger partial charge on any atom is -0.508 e. The van der Waals surface area contributed by atoms with E-state index in [1.54, 1.807) is 36.4 Å². The predicted molar refractivity (Wildman–Crippen MR) is 151 cm³/mol. The summed E-state index contributed by atoms with van der Waals surface area (Å²) < 4.78 is 0. The van der Waals surface area contributed by atoms with Crippen LogP contribution < -0.4 is 5.73 Å². The summed E-state index contributed by atoms with van der Waals surface area (Å²) in [7, 11) is 0. The Kier molecular flexibility index (Phi) is 7.98. The van der Waals surface area contributed by atoms with Crippen LogP contribution in [0, 0.1) is 6.92 Å². The van der Waals surface area contributed by atoms with Gasteiger partial charge in [0.1, 0.15) is 5.75 Å². The molecule has 3 aromatic carbocycles. The zero-order valence-corrected chi connectivity index (χ0v) is 22.4. The molecule has 0 aliphatic heterocycles. The number of nitrogen functional groups attached to an aromatic ring is 1. The molecular weight excluding hydrogens is 446 g/mol. The summed E-state index contributed by atoms with van der Waals surface area (Å²) in [6.07, 6.45) is 5.56. The summed E-state index contributed by atoms with van der Waals surface area (Å²) in [4.78, 5) is 11.1. The monoisotopic (exact) mass is 485 g/mol. The maximum atomic E-state index is 11.1. The number of phenols is 1. The van der Waals surface area contributed by atoms with Gasteiger partial charge in [-0.15, -0.1) is 0 Å². The highest BCUT2D eigenvalue weighted by atomic mass is 16.4. The number of anilines is 1. The lowest BCUT2D eigenvalue weighted by Gasteiger charge is -2.42. The fourth-order valence-corrected chi connectivity index (χ4v) is 4.84. The number of fused-ring (bicyclic) bond motifs is 1. The van der Waals surface area contributed by atoms with Crippen LogP contribution in [0.1, 0.15) is 92.1 Å². The van der Waals surface area contributed by atoms with E-state index in [-0.39, 0.29) is 16.6 Å². The molecule has 3 aromatic rings. The Hall–Kier alpha value is -3.53. The van der Waals surface area contributed by atoms with Crippen molar-refractivity contribution in [2.45, 2.75) is 71.6 Å². The number of benzene rings is 3. The summed E-state index contributed by atoms with van der Waals surface area (Å²) in [5, 5.41) is 17.8. The molecule has 1 aliphatic rings. The molecular formula is C32H39NO3. The van der Waals surface area contributed by atoms with Crippen LogP contribution in [0.15, 0.2) is 60.7 Å². The third kappa shape index (κ3) is 6.17. The Morgan fingerprint density at radius 2 is 1.44 bits per heavy atom. The van der Waals surface area contributed by atoms with Crippen LogP contribution in [0.4, 0.5) is 5.69 Å². The summed E-state index contributed by atoms with van der Waals surface area (Å²) >= 11 is 0. The van der Waals surface area contributed by atoms with Crippen LogP contribution >= 0.6 is 0 Å². The van der Waals surface area contributed by atoms with E-state index in [9.17, 15) is 4.79 Å². The van der Waals surface area contributed by atoms with Crippen LogP contribution in [0.2, 0.25) is 0 Å². The number of nitrogens with two attached hydrogens (primary N) is 1. The maximum absolute atomic E-state index is 11.1. The number of carboxylic acid groups (broad SMARTS) is 1. The van der Waals surface area contributed by atoms with Crippen molar-refractivity contribution in [2.75, 3.05) is 5.73 Å². The van der Waals surface area contributed by atoms with E-state index in [2.05, 4.69) is 59.8 Å². The van der Waals surface area contributed by atoms with E-state index < -0.39 is 5.97 Å². The van der Waals surface area contributed by atoms with Crippen molar-refractivity contribution < 1.29 is 15.0 Å². The van der Waals surface area contributed by atoms with E-state index in [1.807, 2.05) is 12.1 Å². The zero-order valence-electron chi connectivity index (χ0n) is 22.4. The fraction of sp³-hybridized carbons (Fsp3) is 0.344. The lowest BCUT2D eigenvalue weighted by molar-refractivity contribution is 0.0697. The van der Waals surface area contributed by atoms with Crippen molar-refractivity contribution in [3.05, 3.63) is 94.0 Å². The van der Waals surface area contributed by atoms with Gasteiger partial charge in [-0.05, 0) is 107 Å². The van der Waals surface area contributed by atoms with Crippen LogP contribution in [0.5, 0.6) is 5.75 Å². The molecule has 0 aromatic heterocycles. The number of aryl methyl sites for hydroxylation is 1. The summed E-state index contributed by atoms with van der Waals surface area (Å²) in [6, 6.07) is 18.4. The van der Waals surface area contributed by atoms with Gasteiger partial charge < -0.3 is 15.9 Å². The topological polar surface area (TPSA) is 83.5 Å². The van der Waals surface area contributed by atoms with Gasteiger partial charge in [0, 0.05) is 5.69 Å². The van der Waals surface area contributed by atoms with Crippen molar-refractivity contribution in [3.63, 3.8) is 0 Å². The number of allylic oxidation sites excluding steroid dienone is 1. The largest absolute Gasteiger partial charge is 0.508 e. The number of hydrogen-bond acceptors (Lipinski definition) is 3. The van der Waals surface area contributed by atoms with Crippen LogP contribution in [-0.4, -0.2) is 16.2 Å². The molecule has 1 aliphatic carbocycles. The SMILES string of the molecule is CC/C(=C\c1ccc(C(=O)O)cc1)c1cc2c(cc1C)C(C)(C)CCC2(C)C.Nc1ccc(O)cc1. The number of rotatable bonds is 4. The minimum absolute atomic E-state index is 0.190. The van der Waals surface area contributed by atoms with Crippen LogP contribution in [-0.2, 0) is 10.8 Å². The second-order valence-electron chi connectivity index (χ2n) is 11.0. The van der Waals surface area contributed by atoms with Gasteiger partial charge in [-0.2, -0.15) is 0 Å². The molecule has 190 valence electrons. The fourth-order valence-electron chi connectivity index (χ4n) is 4.84. The Morgan fingerprint density at radius 3 is 1.92 bits per heavy atom. The normalized spacial score (nSPS) is 15.9. The Morgan fingerprint density at radius 1 is 0.917 bits per heavy atom. The summed E-state index contributed by atoms with van der Waals surface area (Å²) in [6.45, 7) is 13.8. The molecule has 36 heavy (non-hydrogen) atoms. The van der Waals surface area contributed by atoms with E-state index >= 15 is 0 Å². The number of phenolic OH excluding ortho intramolecular Hbond substituents is 1. The van der Waals surface area contributed by atoms with Gasteiger partial charge in [0.25, 0.3) is 0 Å². The van der Waals surface area contributed by atoms with Crippen molar-refractivity contribution in [2.24, 2.45) is 0 Å². The molecule has 0 saturated heterocycles. The maximum Gasteiger partial charge on any atom is 0.335 e. The molecule has 0 heterocycles. The van der Waals surface area contributed by atoms with E-state index in [4.69, 9.17) is 15.9 Å². The van der Waals surface area contributed by atoms with Crippen molar-refractivity contribution in [1.82, 2.24) is 0 Å². The molecule has 0 radical (unpaired) electrons. The van der Waals surface area contributed by atoms with Gasteiger partial charge in [-0.3, -0.25) is 0 Å². The van der Waals surface area contributed by atoms with Crippen LogP contribution in [0.3, 0.4) is 0 Å². The standard InChI is InChI=1S/C26H32O2.C6H7NO/c1-7-19(15-18-8-10-20(11-9-18)24(27)28)21-16-23-22(14-17(21)2)25(3,4)12-13-26(23,5)6;7-5-1-3-6(8)4-2-5/h8-11,14-16H,7,12-13H2,1-6H3,(H,27,28);1-4,8H,7H2/b19-15+;. The third-order valence-corrected chi connectivity index (χ3v) is 7.32. The second kappa shape index (κ2) is 10.6. The smallest absolute Gasteiger partial charge is 0.335 e. The first kappa shape index (κ1) is 27.1. The predicted octanol–water partition coefficient (Wildman–Crippen LogP) is 7.97. The number of aromatic hydroxyl groups is 1. The first-order valence-electron chi connectivity index (χ1n) is 12.6. The lowest BCUT2D eigenvalue weighted by atomic mass is 9.62. The Balaban J connectivity index is 0.000000383. The zero-order chi connectivity index (χ0) is 26.7. The molecule has 4 nitrogen and oxygen atoms in total. The molecule has 4 heteroatoms. The van der Waals surface area contributed by atoms with Crippen LogP contribution in [0.25, 0.3) is 11.6 Å². The minimum atomic E-state index is -0.887. The van der Waals surface area contributed by atoms with Crippen molar-refractivity contribution in [1.29, 1.82) is 0 Å². The van der Waals surface area contributed by atoms with Gasteiger partial charge in [-0.1, -0.05) is 65.0 Å². The lowest BCUT2D eigenvalue weighted by Crippen LogP contribution is -2.34. The van der Waals surface area contributed by atoms with Gasteiger partial charge >= 0.3 is 5.97 Å². The molecule has 0 atom stereocenters. The number of hydrogen-bond donors (Lipinski definition) is 3. The molecule has 4 rings (SSSR count). The molecule has 0 amide bonds. The van der Waals surface area contributed by atoms with Gasteiger partial charge in [0.05, 0.1) is 5.56 Å². The first-order chi connectivity index (χ1) is 16.8. The third-order valence-electron chi connectivity index (χ3n) is 7.32. The van der Waals surface area contributed by atoms with Gasteiger partial charge in [0.15, 0.2) is 0 Å². The van der Waals surface area contributed by atoms with Crippen molar-refractivity contribution >= 4 is 23.3 Å². The number of aromatic carboxylic acids is 1.